The number of rotatable bonds is 8. The van der Waals surface area contributed by atoms with E-state index in [4.69, 9.17) is 0 Å². The molecular formula is C16H19N5OS2. The Balaban J connectivity index is 1.42. The minimum absolute atomic E-state index is 0.0139. The molecule has 0 aliphatic heterocycles. The van der Waals surface area contributed by atoms with Gasteiger partial charge in [0.15, 0.2) is 4.34 Å². The maximum atomic E-state index is 11.9. The summed E-state index contributed by atoms with van der Waals surface area (Å²) in [5.41, 5.74) is 2.35. The highest BCUT2D eigenvalue weighted by Gasteiger charge is 2.08. The summed E-state index contributed by atoms with van der Waals surface area (Å²) < 4.78 is 0.803. The number of hydrogen-bond acceptors (Lipinski definition) is 6. The number of hydrogen-bond donors (Lipinski definition) is 3. The van der Waals surface area contributed by atoms with Crippen LogP contribution in [0.25, 0.3) is 10.9 Å². The van der Waals surface area contributed by atoms with Gasteiger partial charge in [0.2, 0.25) is 11.0 Å². The lowest BCUT2D eigenvalue weighted by atomic mass is 10.1. The highest BCUT2D eigenvalue weighted by atomic mass is 32.2. The summed E-state index contributed by atoms with van der Waals surface area (Å²) in [5, 5.41) is 16.1. The number of nitrogens with one attached hydrogen (secondary N) is 3. The van der Waals surface area contributed by atoms with E-state index in [1.807, 2.05) is 25.3 Å². The van der Waals surface area contributed by atoms with Crippen LogP contribution in [-0.4, -0.2) is 39.9 Å². The fourth-order valence-electron chi connectivity index (χ4n) is 2.34. The molecule has 126 valence electrons. The number of amides is 1. The molecule has 0 aliphatic rings. The number of para-hydroxylation sites is 1. The number of aromatic nitrogens is 3. The van der Waals surface area contributed by atoms with Gasteiger partial charge >= 0.3 is 0 Å². The zero-order valence-electron chi connectivity index (χ0n) is 13.3. The topological polar surface area (TPSA) is 82.7 Å². The largest absolute Gasteiger partial charge is 0.361 e. The summed E-state index contributed by atoms with van der Waals surface area (Å²) in [5.74, 6) is 0.370. The van der Waals surface area contributed by atoms with Crippen LogP contribution in [0.4, 0.5) is 5.13 Å². The third-order valence-electron chi connectivity index (χ3n) is 3.45. The quantitative estimate of drug-likeness (QED) is 0.537. The average Bonchev–Trinajstić information content (AvgIpc) is 3.21. The Bertz CT molecular complexity index is 814. The van der Waals surface area contributed by atoms with Crippen LogP contribution in [0.2, 0.25) is 0 Å². The van der Waals surface area contributed by atoms with E-state index in [0.29, 0.717) is 12.3 Å². The van der Waals surface area contributed by atoms with Crippen LogP contribution < -0.4 is 10.6 Å². The molecule has 0 saturated heterocycles. The van der Waals surface area contributed by atoms with E-state index >= 15 is 0 Å². The van der Waals surface area contributed by atoms with Crippen molar-refractivity contribution in [3.63, 3.8) is 0 Å². The first-order valence-electron chi connectivity index (χ1n) is 7.78. The fourth-order valence-corrected chi connectivity index (χ4v) is 3.99. The van der Waals surface area contributed by atoms with Crippen molar-refractivity contribution in [2.75, 3.05) is 24.2 Å². The van der Waals surface area contributed by atoms with Crippen LogP contribution in [0, 0.1) is 0 Å². The van der Waals surface area contributed by atoms with Crippen LogP contribution >= 0.6 is 23.1 Å². The molecule has 3 N–H and O–H groups in total. The first kappa shape index (κ1) is 16.8. The monoisotopic (exact) mass is 361 g/mol. The normalized spacial score (nSPS) is 10.9. The van der Waals surface area contributed by atoms with Gasteiger partial charge < -0.3 is 15.6 Å². The summed E-state index contributed by atoms with van der Waals surface area (Å²) >= 11 is 2.88. The number of nitrogens with zero attached hydrogens (tertiary/aromatic N) is 2. The van der Waals surface area contributed by atoms with Crippen LogP contribution in [-0.2, 0) is 11.2 Å². The minimum Gasteiger partial charge on any atom is -0.361 e. The van der Waals surface area contributed by atoms with Gasteiger partial charge in [0.1, 0.15) is 0 Å². The van der Waals surface area contributed by atoms with Crippen LogP contribution in [0.1, 0.15) is 12.5 Å². The molecule has 24 heavy (non-hydrogen) atoms. The van der Waals surface area contributed by atoms with Gasteiger partial charge in [-0.3, -0.25) is 4.79 Å². The Labute approximate surface area is 148 Å². The summed E-state index contributed by atoms with van der Waals surface area (Å²) in [6, 6.07) is 8.18. The molecule has 6 nitrogen and oxygen atoms in total. The Hall–Kier alpha value is -2.06. The van der Waals surface area contributed by atoms with E-state index < -0.39 is 0 Å². The Morgan fingerprint density at radius 1 is 1.33 bits per heavy atom. The van der Waals surface area contributed by atoms with Crippen molar-refractivity contribution >= 4 is 45.0 Å². The molecule has 0 unspecified atom stereocenters. The Morgan fingerprint density at radius 2 is 2.21 bits per heavy atom. The first-order valence-corrected chi connectivity index (χ1v) is 9.58. The van der Waals surface area contributed by atoms with Crippen LogP contribution in [0.5, 0.6) is 0 Å². The van der Waals surface area contributed by atoms with Gasteiger partial charge in [0, 0.05) is 30.2 Å². The second-order valence-corrected chi connectivity index (χ2v) is 7.35. The number of anilines is 1. The number of carbonyl (C=O) groups is 1. The van der Waals surface area contributed by atoms with Gasteiger partial charge in [0.05, 0.1) is 5.75 Å². The van der Waals surface area contributed by atoms with E-state index in [1.54, 1.807) is 0 Å². The van der Waals surface area contributed by atoms with Crippen molar-refractivity contribution in [1.82, 2.24) is 20.5 Å². The second kappa shape index (κ2) is 8.16. The molecule has 8 heteroatoms. The third-order valence-corrected chi connectivity index (χ3v) is 5.47. The number of H-pyrrole nitrogens is 1. The predicted molar refractivity (Wildman–Crippen MR) is 99.8 cm³/mol. The molecule has 0 atom stereocenters. The predicted octanol–water partition coefficient (Wildman–Crippen LogP) is 2.90. The van der Waals surface area contributed by atoms with Crippen molar-refractivity contribution in [1.29, 1.82) is 0 Å². The second-order valence-electron chi connectivity index (χ2n) is 5.15. The third kappa shape index (κ3) is 4.27. The molecule has 1 aromatic carbocycles. The molecule has 0 saturated carbocycles. The molecule has 2 heterocycles. The maximum Gasteiger partial charge on any atom is 0.230 e. The fraction of sp³-hybridized carbons (Fsp3) is 0.312. The Morgan fingerprint density at radius 3 is 3.08 bits per heavy atom. The lowest BCUT2D eigenvalue weighted by Gasteiger charge is -2.03. The lowest BCUT2D eigenvalue weighted by molar-refractivity contribution is -0.118. The van der Waals surface area contributed by atoms with Gasteiger partial charge in [0.25, 0.3) is 0 Å². The molecule has 3 rings (SSSR count). The van der Waals surface area contributed by atoms with Crippen LogP contribution in [0.3, 0.4) is 0 Å². The summed E-state index contributed by atoms with van der Waals surface area (Å²) in [7, 11) is 0. The van der Waals surface area contributed by atoms with Gasteiger partial charge in [-0.25, -0.2) is 0 Å². The average molecular weight is 361 g/mol. The van der Waals surface area contributed by atoms with E-state index in [0.717, 1.165) is 28.0 Å². The standard InChI is InChI=1S/C16H19N5OS2/c1-2-17-15-20-21-16(24-15)23-10-14(22)18-8-7-11-9-19-13-6-4-3-5-12(11)13/h3-6,9,19H,2,7-8,10H2,1H3,(H,17,20)(H,18,22). The van der Waals surface area contributed by atoms with Gasteiger partial charge in [-0.1, -0.05) is 41.3 Å². The van der Waals surface area contributed by atoms with Crippen molar-refractivity contribution < 1.29 is 4.79 Å². The van der Waals surface area contributed by atoms with Gasteiger partial charge in [-0.2, -0.15) is 0 Å². The SMILES string of the molecule is CCNc1nnc(SCC(=O)NCCc2c[nH]c3ccccc23)s1. The van der Waals surface area contributed by atoms with Crippen molar-refractivity contribution in [3.05, 3.63) is 36.0 Å². The summed E-state index contributed by atoms with van der Waals surface area (Å²) in [4.78, 5) is 15.2. The summed E-state index contributed by atoms with van der Waals surface area (Å²) in [6.07, 6.45) is 2.82. The molecule has 3 aromatic rings. The minimum atomic E-state index is 0.0139. The van der Waals surface area contributed by atoms with Crippen molar-refractivity contribution in [2.24, 2.45) is 0 Å². The Kier molecular flexibility index (Phi) is 5.71. The maximum absolute atomic E-state index is 11.9. The van der Waals surface area contributed by atoms with Crippen LogP contribution in [0.15, 0.2) is 34.8 Å². The zero-order valence-corrected chi connectivity index (χ0v) is 15.0. The van der Waals surface area contributed by atoms with Crippen molar-refractivity contribution in [3.8, 4) is 0 Å². The molecule has 0 aliphatic carbocycles. The first-order chi connectivity index (χ1) is 11.8. The smallest absolute Gasteiger partial charge is 0.230 e. The molecule has 0 fully saturated rings. The molecule has 0 spiro atoms. The molecular weight excluding hydrogens is 342 g/mol. The van der Waals surface area contributed by atoms with Crippen molar-refractivity contribution in [2.45, 2.75) is 17.7 Å². The lowest BCUT2D eigenvalue weighted by Crippen LogP contribution is -2.27. The highest BCUT2D eigenvalue weighted by Crippen LogP contribution is 2.25. The zero-order chi connectivity index (χ0) is 16.8. The molecule has 0 radical (unpaired) electrons. The number of aromatic amines is 1. The van der Waals surface area contributed by atoms with E-state index in [1.165, 1.54) is 34.0 Å². The highest BCUT2D eigenvalue weighted by molar-refractivity contribution is 8.01. The van der Waals surface area contributed by atoms with E-state index in [-0.39, 0.29) is 5.91 Å². The van der Waals surface area contributed by atoms with Gasteiger partial charge in [-0.05, 0) is 25.0 Å². The number of carbonyl (C=O) groups excluding carboxylic acids is 1. The molecule has 0 bridgehead atoms. The number of benzene rings is 1. The number of fused-ring (bicyclic) bond motifs is 1. The summed E-state index contributed by atoms with van der Waals surface area (Å²) in [6.45, 7) is 3.45. The van der Waals surface area contributed by atoms with E-state index in [9.17, 15) is 4.79 Å². The molecule has 2 aromatic heterocycles. The van der Waals surface area contributed by atoms with Gasteiger partial charge in [-0.15, -0.1) is 10.2 Å². The molecule has 1 amide bonds. The number of thioether (sulfide) groups is 1. The van der Waals surface area contributed by atoms with E-state index in [2.05, 4.69) is 37.9 Å².